The Morgan fingerprint density at radius 3 is 2.23 bits per heavy atom. The van der Waals surface area contributed by atoms with E-state index in [1.165, 1.54) is 11.8 Å². The maximum absolute atomic E-state index is 6.25. The molecule has 0 amide bonds. The normalized spacial score (nSPS) is 11.3. The number of methoxy groups -OCH3 is 1. The number of para-hydroxylation sites is 1. The monoisotopic (exact) mass is 445 g/mol. The molecule has 0 aliphatic heterocycles. The predicted molar refractivity (Wildman–Crippen MR) is 128 cm³/mol. The van der Waals surface area contributed by atoms with Gasteiger partial charge < -0.3 is 10.5 Å². The molecular weight excluding hydrogens is 426 g/mol. The fourth-order valence-electron chi connectivity index (χ4n) is 2.87. The van der Waals surface area contributed by atoms with Crippen LogP contribution < -0.4 is 10.5 Å². The van der Waals surface area contributed by atoms with Gasteiger partial charge in [-0.3, -0.25) is 4.57 Å². The Bertz CT molecular complexity index is 1260. The maximum atomic E-state index is 6.25. The third kappa shape index (κ3) is 4.99. The summed E-state index contributed by atoms with van der Waals surface area (Å²) in [5, 5.41) is 0.918. The Balaban J connectivity index is 1.81. The molecule has 1 aromatic heterocycles. The quantitative estimate of drug-likeness (QED) is 0.191. The van der Waals surface area contributed by atoms with Crippen molar-refractivity contribution in [3.63, 3.8) is 0 Å². The first-order valence-corrected chi connectivity index (χ1v) is 10.6. The smallest absolute Gasteiger partial charge is 0.208 e. The summed E-state index contributed by atoms with van der Waals surface area (Å²) < 4.78 is 7.41. The van der Waals surface area contributed by atoms with Crippen molar-refractivity contribution in [3.05, 3.63) is 89.7 Å². The van der Waals surface area contributed by atoms with Crippen molar-refractivity contribution in [3.8, 4) is 22.8 Å². The average molecular weight is 446 g/mol. The number of aromatic nitrogens is 3. The topological polar surface area (TPSA) is 78.3 Å². The van der Waals surface area contributed by atoms with Gasteiger partial charge in [0.2, 0.25) is 4.77 Å². The zero-order valence-corrected chi connectivity index (χ0v) is 18.3. The number of thioether (sulfide) groups is 1. The maximum Gasteiger partial charge on any atom is 0.208 e. The molecule has 31 heavy (non-hydrogen) atoms. The van der Waals surface area contributed by atoms with Crippen LogP contribution in [0.25, 0.3) is 17.1 Å². The molecule has 0 aliphatic carbocycles. The van der Waals surface area contributed by atoms with Gasteiger partial charge in [0.15, 0.2) is 16.1 Å². The molecule has 3 aromatic carbocycles. The van der Waals surface area contributed by atoms with E-state index in [1.807, 2.05) is 84.9 Å². The van der Waals surface area contributed by atoms with Crippen molar-refractivity contribution in [2.75, 3.05) is 7.11 Å². The lowest BCUT2D eigenvalue weighted by atomic mass is 10.2. The molecule has 0 fully saturated rings. The fraction of sp³-hybridized carbons (Fsp3) is 0.0435. The highest BCUT2D eigenvalue weighted by Crippen LogP contribution is 2.26. The number of benzene rings is 3. The lowest BCUT2D eigenvalue weighted by Gasteiger charge is -2.14. The zero-order valence-electron chi connectivity index (χ0n) is 16.7. The third-order valence-electron chi connectivity index (χ3n) is 4.34. The SMILES string of the molecule is COc1ccc(-n2c(SC(N)=Nc3ccccc3)nc(-c3ccccc3)nc2=S)cc1. The summed E-state index contributed by atoms with van der Waals surface area (Å²) in [4.78, 5) is 13.8. The van der Waals surface area contributed by atoms with E-state index in [2.05, 4.69) is 9.98 Å². The van der Waals surface area contributed by atoms with E-state index >= 15 is 0 Å². The fourth-order valence-corrected chi connectivity index (χ4v) is 3.96. The Hall–Kier alpha value is -3.49. The van der Waals surface area contributed by atoms with Crippen LogP contribution in [0.15, 0.2) is 95.1 Å². The molecule has 0 unspecified atom stereocenters. The van der Waals surface area contributed by atoms with E-state index in [0.717, 1.165) is 22.7 Å². The van der Waals surface area contributed by atoms with Gasteiger partial charge in [0.05, 0.1) is 18.5 Å². The molecule has 0 aliphatic rings. The summed E-state index contributed by atoms with van der Waals surface area (Å²) in [5.74, 6) is 1.28. The molecule has 0 saturated heterocycles. The van der Waals surface area contributed by atoms with E-state index in [0.29, 0.717) is 20.9 Å². The van der Waals surface area contributed by atoms with Crippen molar-refractivity contribution < 1.29 is 4.74 Å². The molecule has 1 heterocycles. The van der Waals surface area contributed by atoms with Crippen LogP contribution >= 0.6 is 24.0 Å². The van der Waals surface area contributed by atoms with Crippen molar-refractivity contribution >= 4 is 34.8 Å². The summed E-state index contributed by atoms with van der Waals surface area (Å²) in [6, 6.07) is 26.7. The molecular formula is C23H19N5OS2. The van der Waals surface area contributed by atoms with Crippen LogP contribution in [0.1, 0.15) is 0 Å². The molecule has 2 N–H and O–H groups in total. The molecule has 0 spiro atoms. The number of hydrogen-bond acceptors (Lipinski definition) is 6. The minimum absolute atomic E-state index is 0.348. The molecule has 0 saturated carbocycles. The highest BCUT2D eigenvalue weighted by Gasteiger charge is 2.14. The predicted octanol–water partition coefficient (Wildman–Crippen LogP) is 5.41. The number of amidine groups is 1. The molecule has 0 radical (unpaired) electrons. The number of ether oxygens (including phenoxy) is 1. The lowest BCUT2D eigenvalue weighted by Crippen LogP contribution is -2.12. The number of hydrogen-bond donors (Lipinski definition) is 1. The summed E-state index contributed by atoms with van der Waals surface area (Å²) in [6.45, 7) is 0. The van der Waals surface area contributed by atoms with Gasteiger partial charge in [-0.15, -0.1) is 0 Å². The largest absolute Gasteiger partial charge is 0.497 e. The van der Waals surface area contributed by atoms with Crippen LogP contribution in [-0.4, -0.2) is 26.8 Å². The Morgan fingerprint density at radius 1 is 0.935 bits per heavy atom. The Labute approximate surface area is 189 Å². The van der Waals surface area contributed by atoms with Gasteiger partial charge in [0, 0.05) is 5.56 Å². The van der Waals surface area contributed by atoms with E-state index in [4.69, 9.17) is 27.7 Å². The van der Waals surface area contributed by atoms with Crippen LogP contribution in [-0.2, 0) is 0 Å². The standard InChI is InChI=1S/C23H19N5OS2/c1-29-19-14-12-18(13-15-19)28-22(30)26-20(16-8-4-2-5-9-16)27-23(28)31-21(24)25-17-10-6-3-7-11-17/h2-15H,1H3,(H2,24,25). The zero-order chi connectivity index (χ0) is 21.6. The van der Waals surface area contributed by atoms with E-state index in [9.17, 15) is 0 Å². The number of nitrogens with two attached hydrogens (primary N) is 1. The summed E-state index contributed by atoms with van der Waals surface area (Å²) in [5.41, 5.74) is 8.69. The van der Waals surface area contributed by atoms with Gasteiger partial charge >= 0.3 is 0 Å². The number of aliphatic imine (C=N–C) groups is 1. The summed E-state index contributed by atoms with van der Waals surface area (Å²) in [6.07, 6.45) is 0. The molecule has 4 rings (SSSR count). The van der Waals surface area contributed by atoms with E-state index in [1.54, 1.807) is 11.7 Å². The van der Waals surface area contributed by atoms with Gasteiger partial charge in [-0.1, -0.05) is 48.5 Å². The van der Waals surface area contributed by atoms with Crippen LogP contribution in [0.2, 0.25) is 0 Å². The first kappa shape index (κ1) is 20.8. The number of nitrogens with zero attached hydrogens (tertiary/aromatic N) is 4. The van der Waals surface area contributed by atoms with Crippen molar-refractivity contribution in [2.45, 2.75) is 5.16 Å². The molecule has 0 bridgehead atoms. The lowest BCUT2D eigenvalue weighted by molar-refractivity contribution is 0.414. The third-order valence-corrected chi connectivity index (χ3v) is 5.37. The van der Waals surface area contributed by atoms with Gasteiger partial charge in [0.25, 0.3) is 0 Å². The molecule has 8 heteroatoms. The minimum atomic E-state index is 0.348. The minimum Gasteiger partial charge on any atom is -0.497 e. The second kappa shape index (κ2) is 9.55. The number of rotatable bonds is 5. The van der Waals surface area contributed by atoms with E-state index in [-0.39, 0.29) is 0 Å². The second-order valence-corrected chi connectivity index (χ2v) is 7.75. The van der Waals surface area contributed by atoms with Crippen LogP contribution in [0.4, 0.5) is 5.69 Å². The van der Waals surface area contributed by atoms with Crippen molar-refractivity contribution in [1.29, 1.82) is 0 Å². The van der Waals surface area contributed by atoms with Crippen LogP contribution in [0.3, 0.4) is 0 Å². The first-order valence-electron chi connectivity index (χ1n) is 9.42. The highest BCUT2D eigenvalue weighted by atomic mass is 32.2. The molecule has 6 nitrogen and oxygen atoms in total. The molecule has 154 valence electrons. The van der Waals surface area contributed by atoms with Gasteiger partial charge in [-0.2, -0.15) is 4.98 Å². The van der Waals surface area contributed by atoms with Crippen LogP contribution in [0, 0.1) is 4.77 Å². The van der Waals surface area contributed by atoms with Gasteiger partial charge in [0.1, 0.15) is 5.75 Å². The van der Waals surface area contributed by atoms with Crippen molar-refractivity contribution in [1.82, 2.24) is 14.5 Å². The second-order valence-electron chi connectivity index (χ2n) is 6.40. The van der Waals surface area contributed by atoms with Crippen LogP contribution in [0.5, 0.6) is 5.75 Å². The first-order chi connectivity index (χ1) is 15.1. The van der Waals surface area contributed by atoms with E-state index < -0.39 is 0 Å². The highest BCUT2D eigenvalue weighted by molar-refractivity contribution is 8.13. The summed E-state index contributed by atoms with van der Waals surface area (Å²) >= 11 is 6.87. The van der Waals surface area contributed by atoms with Crippen molar-refractivity contribution in [2.24, 2.45) is 10.7 Å². The van der Waals surface area contributed by atoms with Gasteiger partial charge in [-0.25, -0.2) is 9.98 Å². The average Bonchev–Trinajstić information content (AvgIpc) is 2.80. The van der Waals surface area contributed by atoms with Gasteiger partial charge in [-0.05, 0) is 60.4 Å². The Morgan fingerprint density at radius 2 is 1.58 bits per heavy atom. The molecule has 0 atom stereocenters. The summed E-state index contributed by atoms with van der Waals surface area (Å²) in [7, 11) is 1.63. The molecule has 4 aromatic rings. The Kier molecular flexibility index (Phi) is 6.40.